The number of nitrogens with two attached hydrogens (primary N) is 1. The molecule has 0 spiro atoms. The van der Waals surface area contributed by atoms with Gasteiger partial charge in [-0.1, -0.05) is 0 Å². The molecule has 1 amide bonds. The Kier molecular flexibility index (Phi) is 3.40. The first-order valence-corrected chi connectivity index (χ1v) is 7.13. The van der Waals surface area contributed by atoms with Crippen molar-refractivity contribution in [2.75, 3.05) is 6.54 Å². The van der Waals surface area contributed by atoms with Crippen molar-refractivity contribution in [3.05, 3.63) is 12.5 Å². The molecule has 1 fully saturated rings. The zero-order valence-corrected chi connectivity index (χ0v) is 10.9. The third-order valence-electron chi connectivity index (χ3n) is 3.01. The van der Waals surface area contributed by atoms with Crippen LogP contribution in [-0.4, -0.2) is 40.8 Å². The van der Waals surface area contributed by atoms with Gasteiger partial charge < -0.3 is 10.3 Å². The Morgan fingerprint density at radius 2 is 2.33 bits per heavy atom. The van der Waals surface area contributed by atoms with Gasteiger partial charge in [0.15, 0.2) is 5.03 Å². The summed E-state index contributed by atoms with van der Waals surface area (Å²) in [7, 11) is -1.91. The number of aryl methyl sites for hydroxylation is 1. The Hall–Kier alpha value is -1.41. The van der Waals surface area contributed by atoms with Crippen LogP contribution < -0.4 is 5.73 Å². The highest BCUT2D eigenvalue weighted by molar-refractivity contribution is 7.89. The molecule has 18 heavy (non-hydrogen) atoms. The van der Waals surface area contributed by atoms with Gasteiger partial charge in [-0.3, -0.25) is 4.79 Å². The second-order valence-electron chi connectivity index (χ2n) is 4.46. The van der Waals surface area contributed by atoms with E-state index in [0.717, 1.165) is 6.42 Å². The fourth-order valence-electron chi connectivity index (χ4n) is 2.20. The molecule has 1 aromatic rings. The topological polar surface area (TPSA) is 98.3 Å². The summed E-state index contributed by atoms with van der Waals surface area (Å²) >= 11 is 0. The molecule has 1 aliphatic heterocycles. The lowest BCUT2D eigenvalue weighted by molar-refractivity contribution is -0.118. The van der Waals surface area contributed by atoms with E-state index in [-0.39, 0.29) is 17.5 Å². The molecule has 1 atom stereocenters. The molecule has 1 saturated heterocycles. The van der Waals surface area contributed by atoms with Gasteiger partial charge in [0.25, 0.3) is 10.0 Å². The molecule has 0 aromatic carbocycles. The molecule has 1 aromatic heterocycles. The van der Waals surface area contributed by atoms with Gasteiger partial charge in [-0.25, -0.2) is 13.4 Å². The maximum atomic E-state index is 12.3. The van der Waals surface area contributed by atoms with Gasteiger partial charge in [-0.2, -0.15) is 4.31 Å². The van der Waals surface area contributed by atoms with Crippen LogP contribution in [-0.2, 0) is 21.9 Å². The van der Waals surface area contributed by atoms with Gasteiger partial charge in [-0.15, -0.1) is 0 Å². The molecular weight excluding hydrogens is 256 g/mol. The monoisotopic (exact) mass is 272 g/mol. The van der Waals surface area contributed by atoms with Crippen molar-refractivity contribution >= 4 is 15.9 Å². The molecule has 8 heteroatoms. The van der Waals surface area contributed by atoms with Gasteiger partial charge in [0, 0.05) is 32.3 Å². The Balaban J connectivity index is 2.26. The molecule has 0 aliphatic carbocycles. The quantitative estimate of drug-likeness (QED) is 0.795. The maximum absolute atomic E-state index is 12.3. The van der Waals surface area contributed by atoms with Crippen LogP contribution in [0.4, 0.5) is 0 Å². The van der Waals surface area contributed by atoms with Crippen molar-refractivity contribution in [3.63, 3.8) is 0 Å². The fraction of sp³-hybridized carbons (Fsp3) is 0.600. The van der Waals surface area contributed by atoms with Crippen LogP contribution >= 0.6 is 0 Å². The van der Waals surface area contributed by atoms with Gasteiger partial charge in [0.1, 0.15) is 0 Å². The predicted molar refractivity (Wildman–Crippen MR) is 63.9 cm³/mol. The van der Waals surface area contributed by atoms with Gasteiger partial charge in [0.05, 0.1) is 6.33 Å². The molecule has 0 saturated carbocycles. The lowest BCUT2D eigenvalue weighted by Crippen LogP contribution is -2.38. The third kappa shape index (κ3) is 2.39. The molecule has 0 unspecified atom stereocenters. The molecule has 0 bridgehead atoms. The van der Waals surface area contributed by atoms with Crippen LogP contribution in [0.1, 0.15) is 19.3 Å². The highest BCUT2D eigenvalue weighted by atomic mass is 32.2. The summed E-state index contributed by atoms with van der Waals surface area (Å²) in [4.78, 5) is 14.8. The highest BCUT2D eigenvalue weighted by Gasteiger charge is 2.37. The first-order chi connectivity index (χ1) is 8.41. The number of rotatable bonds is 4. The number of imidazole rings is 1. The van der Waals surface area contributed by atoms with Crippen molar-refractivity contribution in [1.82, 2.24) is 13.9 Å². The number of hydrogen-bond donors (Lipinski definition) is 1. The molecule has 2 N–H and O–H groups in total. The van der Waals surface area contributed by atoms with Crippen molar-refractivity contribution in [2.45, 2.75) is 30.3 Å². The van der Waals surface area contributed by atoms with Gasteiger partial charge >= 0.3 is 0 Å². The molecule has 2 rings (SSSR count). The number of aromatic nitrogens is 2. The summed E-state index contributed by atoms with van der Waals surface area (Å²) in [5, 5.41) is 0.0152. The number of carbonyl (C=O) groups is 1. The second kappa shape index (κ2) is 4.69. The minimum Gasteiger partial charge on any atom is -0.370 e. The van der Waals surface area contributed by atoms with E-state index in [2.05, 4.69) is 4.98 Å². The van der Waals surface area contributed by atoms with Crippen LogP contribution in [0.25, 0.3) is 0 Å². The number of amides is 1. The zero-order valence-electron chi connectivity index (χ0n) is 10.1. The second-order valence-corrected chi connectivity index (χ2v) is 6.30. The van der Waals surface area contributed by atoms with E-state index in [1.165, 1.54) is 16.8 Å². The van der Waals surface area contributed by atoms with Crippen LogP contribution in [0.3, 0.4) is 0 Å². The molecule has 2 heterocycles. The normalized spacial score (nSPS) is 21.3. The number of carbonyl (C=O) groups excluding carboxylic acids is 1. The Morgan fingerprint density at radius 1 is 1.61 bits per heavy atom. The minimum atomic E-state index is -3.62. The highest BCUT2D eigenvalue weighted by Crippen LogP contribution is 2.26. The first kappa shape index (κ1) is 13.0. The van der Waals surface area contributed by atoms with Crippen molar-refractivity contribution in [1.29, 1.82) is 0 Å². The summed E-state index contributed by atoms with van der Waals surface area (Å²) in [5.41, 5.74) is 5.14. The van der Waals surface area contributed by atoms with E-state index in [4.69, 9.17) is 5.73 Å². The van der Waals surface area contributed by atoms with E-state index in [1.807, 2.05) is 0 Å². The number of sulfonamides is 1. The van der Waals surface area contributed by atoms with Crippen LogP contribution in [0.15, 0.2) is 17.6 Å². The minimum absolute atomic E-state index is 0.0152. The van der Waals surface area contributed by atoms with Gasteiger partial charge in [-0.05, 0) is 12.8 Å². The molecule has 1 aliphatic rings. The smallest absolute Gasteiger partial charge is 0.262 e. The van der Waals surface area contributed by atoms with Crippen molar-refractivity contribution < 1.29 is 13.2 Å². The number of primary amides is 1. The zero-order chi connectivity index (χ0) is 13.3. The average Bonchev–Trinajstić information content (AvgIpc) is 2.86. The van der Waals surface area contributed by atoms with Crippen molar-refractivity contribution in [2.24, 2.45) is 12.8 Å². The van der Waals surface area contributed by atoms with E-state index < -0.39 is 15.9 Å². The van der Waals surface area contributed by atoms with E-state index in [9.17, 15) is 13.2 Å². The van der Waals surface area contributed by atoms with Crippen LogP contribution in [0, 0.1) is 0 Å². The molecule has 0 radical (unpaired) electrons. The van der Waals surface area contributed by atoms with Crippen LogP contribution in [0.5, 0.6) is 0 Å². The van der Waals surface area contributed by atoms with E-state index >= 15 is 0 Å². The SMILES string of the molecule is Cn1cnc(S(=O)(=O)N2CCC[C@H]2CC(N)=O)c1. The van der Waals surface area contributed by atoms with Crippen molar-refractivity contribution in [3.8, 4) is 0 Å². The fourth-order valence-corrected chi connectivity index (χ4v) is 3.87. The summed E-state index contributed by atoms with van der Waals surface area (Å²) in [5.74, 6) is -0.483. The average molecular weight is 272 g/mol. The standard InChI is InChI=1S/C10H16N4O3S/c1-13-6-10(12-7-13)18(16,17)14-4-2-3-8(14)5-9(11)15/h6-8H,2-5H2,1H3,(H2,11,15)/t8-/m0/s1. The predicted octanol–water partition coefficient (Wildman–Crippen LogP) is -0.551. The largest absolute Gasteiger partial charge is 0.370 e. The lowest BCUT2D eigenvalue weighted by Gasteiger charge is -2.21. The lowest BCUT2D eigenvalue weighted by atomic mass is 10.1. The molecule has 7 nitrogen and oxygen atoms in total. The molecule has 100 valence electrons. The summed E-state index contributed by atoms with van der Waals surface area (Å²) in [6, 6.07) is -0.338. The summed E-state index contributed by atoms with van der Waals surface area (Å²) < 4.78 is 27.6. The van der Waals surface area contributed by atoms with E-state index in [0.29, 0.717) is 13.0 Å². The van der Waals surface area contributed by atoms with E-state index in [1.54, 1.807) is 11.6 Å². The van der Waals surface area contributed by atoms with Crippen LogP contribution in [0.2, 0.25) is 0 Å². The maximum Gasteiger partial charge on any atom is 0.262 e. The Morgan fingerprint density at radius 3 is 2.89 bits per heavy atom. The van der Waals surface area contributed by atoms with Gasteiger partial charge in [0.2, 0.25) is 5.91 Å². The summed E-state index contributed by atoms with van der Waals surface area (Å²) in [6.45, 7) is 0.414. The summed E-state index contributed by atoms with van der Waals surface area (Å²) in [6.07, 6.45) is 4.35. The third-order valence-corrected chi connectivity index (χ3v) is 4.85. The Bertz CT molecular complexity index is 551. The Labute approximate surface area is 106 Å². The number of hydrogen-bond acceptors (Lipinski definition) is 4. The molecular formula is C10H16N4O3S. The number of nitrogens with zero attached hydrogens (tertiary/aromatic N) is 3. The first-order valence-electron chi connectivity index (χ1n) is 5.69.